The van der Waals surface area contributed by atoms with Crippen LogP contribution in [0, 0.1) is 5.92 Å². The van der Waals surface area contributed by atoms with Gasteiger partial charge < -0.3 is 9.67 Å². The monoisotopic (exact) mass is 253 g/mol. The van der Waals surface area contributed by atoms with Crippen molar-refractivity contribution in [2.75, 3.05) is 0 Å². The van der Waals surface area contributed by atoms with Crippen molar-refractivity contribution in [3.8, 4) is 0 Å². The molecule has 1 N–H and O–H groups in total. The Hall–Kier alpha value is -1.80. The van der Waals surface area contributed by atoms with Crippen LogP contribution in [0.25, 0.3) is 21.8 Å². The molecule has 1 unspecified atom stereocenters. The fourth-order valence-electron chi connectivity index (χ4n) is 2.60. The summed E-state index contributed by atoms with van der Waals surface area (Å²) < 4.78 is 2.23. The van der Waals surface area contributed by atoms with Crippen LogP contribution in [0.15, 0.2) is 48.5 Å². The third-order valence-corrected chi connectivity index (χ3v) is 3.82. The number of benzene rings is 2. The molecule has 0 radical (unpaired) electrons. The highest BCUT2D eigenvalue weighted by molar-refractivity contribution is 6.07. The zero-order valence-electron chi connectivity index (χ0n) is 11.4. The van der Waals surface area contributed by atoms with Crippen LogP contribution in [0.2, 0.25) is 0 Å². The summed E-state index contributed by atoms with van der Waals surface area (Å²) in [5.41, 5.74) is 2.40. The summed E-state index contributed by atoms with van der Waals surface area (Å²) in [4.78, 5) is 0. The molecule has 2 nitrogen and oxygen atoms in total. The van der Waals surface area contributed by atoms with Gasteiger partial charge in [-0.05, 0) is 18.1 Å². The fraction of sp³-hybridized carbons (Fsp3) is 0.294. The minimum atomic E-state index is -0.320. The van der Waals surface area contributed by atoms with Crippen LogP contribution in [-0.4, -0.2) is 15.8 Å². The number of aliphatic hydroxyl groups is 1. The van der Waals surface area contributed by atoms with E-state index in [0.29, 0.717) is 6.54 Å². The molecule has 0 saturated carbocycles. The highest BCUT2D eigenvalue weighted by Crippen LogP contribution is 2.29. The number of hydrogen-bond acceptors (Lipinski definition) is 1. The van der Waals surface area contributed by atoms with Crippen molar-refractivity contribution >= 4 is 21.8 Å². The van der Waals surface area contributed by atoms with Crippen molar-refractivity contribution in [1.29, 1.82) is 0 Å². The molecule has 98 valence electrons. The Morgan fingerprint density at radius 2 is 1.37 bits per heavy atom. The van der Waals surface area contributed by atoms with E-state index in [9.17, 15) is 5.11 Å². The van der Waals surface area contributed by atoms with Crippen LogP contribution < -0.4 is 0 Å². The van der Waals surface area contributed by atoms with Gasteiger partial charge in [0.15, 0.2) is 0 Å². The number of fused-ring (bicyclic) bond motifs is 3. The first-order chi connectivity index (χ1) is 9.18. The summed E-state index contributed by atoms with van der Waals surface area (Å²) in [5.74, 6) is 0.264. The van der Waals surface area contributed by atoms with Crippen molar-refractivity contribution in [3.05, 3.63) is 48.5 Å². The first-order valence-corrected chi connectivity index (χ1v) is 6.82. The molecule has 3 rings (SSSR count). The van der Waals surface area contributed by atoms with Crippen molar-refractivity contribution in [1.82, 2.24) is 4.57 Å². The van der Waals surface area contributed by atoms with Crippen molar-refractivity contribution in [2.45, 2.75) is 26.5 Å². The van der Waals surface area contributed by atoms with Gasteiger partial charge in [-0.15, -0.1) is 0 Å². The van der Waals surface area contributed by atoms with Gasteiger partial charge >= 0.3 is 0 Å². The topological polar surface area (TPSA) is 25.2 Å². The predicted octanol–water partition coefficient (Wildman–Crippen LogP) is 3.81. The summed E-state index contributed by atoms with van der Waals surface area (Å²) in [5, 5.41) is 12.7. The van der Waals surface area contributed by atoms with Crippen LogP contribution in [-0.2, 0) is 6.54 Å². The Bertz CT molecular complexity index is 658. The molecule has 0 fully saturated rings. The van der Waals surface area contributed by atoms with E-state index in [4.69, 9.17) is 0 Å². The third-order valence-electron chi connectivity index (χ3n) is 3.82. The summed E-state index contributed by atoms with van der Waals surface area (Å²) in [6, 6.07) is 16.8. The minimum absolute atomic E-state index is 0.264. The average molecular weight is 253 g/mol. The Balaban J connectivity index is 2.25. The zero-order chi connectivity index (χ0) is 13.4. The molecular formula is C17H19NO. The summed E-state index contributed by atoms with van der Waals surface area (Å²) in [6.07, 6.45) is -0.320. The average Bonchev–Trinajstić information content (AvgIpc) is 2.74. The van der Waals surface area contributed by atoms with E-state index in [2.05, 4.69) is 66.9 Å². The molecule has 0 aliphatic carbocycles. The van der Waals surface area contributed by atoms with Gasteiger partial charge in [0, 0.05) is 28.4 Å². The highest BCUT2D eigenvalue weighted by atomic mass is 16.3. The third kappa shape index (κ3) is 2.02. The standard InChI is InChI=1S/C17H19NO/c1-12(2)17(19)11-18-15-9-5-3-7-13(15)14-8-4-6-10-16(14)18/h3-10,12,17,19H,11H2,1-2H3. The molecule has 2 heteroatoms. The molecular weight excluding hydrogens is 234 g/mol. The molecule has 1 aromatic heterocycles. The number of aliphatic hydroxyl groups excluding tert-OH is 1. The number of hydrogen-bond donors (Lipinski definition) is 1. The number of aromatic nitrogens is 1. The van der Waals surface area contributed by atoms with E-state index in [-0.39, 0.29) is 12.0 Å². The lowest BCUT2D eigenvalue weighted by Crippen LogP contribution is -2.21. The van der Waals surface area contributed by atoms with E-state index >= 15 is 0 Å². The molecule has 0 spiro atoms. The summed E-state index contributed by atoms with van der Waals surface area (Å²) in [7, 11) is 0. The molecule has 0 aliphatic heterocycles. The van der Waals surface area contributed by atoms with E-state index < -0.39 is 0 Å². The van der Waals surface area contributed by atoms with E-state index in [1.54, 1.807) is 0 Å². The van der Waals surface area contributed by atoms with Gasteiger partial charge in [-0.2, -0.15) is 0 Å². The maximum absolute atomic E-state index is 10.2. The first-order valence-electron chi connectivity index (χ1n) is 6.82. The highest BCUT2D eigenvalue weighted by Gasteiger charge is 2.15. The van der Waals surface area contributed by atoms with Crippen LogP contribution in [0.3, 0.4) is 0 Å². The van der Waals surface area contributed by atoms with Crippen LogP contribution in [0.1, 0.15) is 13.8 Å². The second-order valence-corrected chi connectivity index (χ2v) is 5.46. The second kappa shape index (κ2) is 4.71. The van der Waals surface area contributed by atoms with Crippen LogP contribution >= 0.6 is 0 Å². The Morgan fingerprint density at radius 3 is 1.84 bits per heavy atom. The van der Waals surface area contributed by atoms with Crippen LogP contribution in [0.5, 0.6) is 0 Å². The smallest absolute Gasteiger partial charge is 0.0742 e. The fourth-order valence-corrected chi connectivity index (χ4v) is 2.60. The summed E-state index contributed by atoms with van der Waals surface area (Å²) in [6.45, 7) is 4.75. The molecule has 0 amide bonds. The molecule has 1 atom stereocenters. The number of para-hydroxylation sites is 2. The Labute approximate surface area is 113 Å². The normalized spacial score (nSPS) is 13.5. The van der Waals surface area contributed by atoms with Crippen molar-refractivity contribution in [2.24, 2.45) is 5.92 Å². The molecule has 3 aromatic rings. The molecule has 0 saturated heterocycles. The lowest BCUT2D eigenvalue weighted by molar-refractivity contribution is 0.109. The van der Waals surface area contributed by atoms with Gasteiger partial charge in [0.2, 0.25) is 0 Å². The van der Waals surface area contributed by atoms with E-state index in [1.807, 2.05) is 0 Å². The number of nitrogens with zero attached hydrogens (tertiary/aromatic N) is 1. The summed E-state index contributed by atoms with van der Waals surface area (Å²) >= 11 is 0. The van der Waals surface area contributed by atoms with Crippen LogP contribution in [0.4, 0.5) is 0 Å². The molecule has 1 heterocycles. The van der Waals surface area contributed by atoms with Gasteiger partial charge in [-0.3, -0.25) is 0 Å². The minimum Gasteiger partial charge on any atom is -0.391 e. The largest absolute Gasteiger partial charge is 0.391 e. The van der Waals surface area contributed by atoms with Crippen molar-refractivity contribution in [3.63, 3.8) is 0 Å². The molecule has 0 aliphatic rings. The lowest BCUT2D eigenvalue weighted by atomic mass is 10.1. The molecule has 0 bridgehead atoms. The maximum Gasteiger partial charge on any atom is 0.0742 e. The van der Waals surface area contributed by atoms with Gasteiger partial charge in [-0.1, -0.05) is 50.2 Å². The maximum atomic E-state index is 10.2. The lowest BCUT2D eigenvalue weighted by Gasteiger charge is -2.17. The second-order valence-electron chi connectivity index (χ2n) is 5.46. The predicted molar refractivity (Wildman–Crippen MR) is 80.3 cm³/mol. The van der Waals surface area contributed by atoms with E-state index in [0.717, 1.165) is 0 Å². The molecule has 19 heavy (non-hydrogen) atoms. The van der Waals surface area contributed by atoms with Gasteiger partial charge in [-0.25, -0.2) is 0 Å². The van der Waals surface area contributed by atoms with E-state index in [1.165, 1.54) is 21.8 Å². The van der Waals surface area contributed by atoms with Crippen molar-refractivity contribution < 1.29 is 5.11 Å². The Kier molecular flexibility index (Phi) is 3.03. The van der Waals surface area contributed by atoms with Gasteiger partial charge in [0.25, 0.3) is 0 Å². The number of rotatable bonds is 3. The first kappa shape index (κ1) is 12.2. The van der Waals surface area contributed by atoms with Gasteiger partial charge in [0.05, 0.1) is 6.10 Å². The Morgan fingerprint density at radius 1 is 0.895 bits per heavy atom. The zero-order valence-corrected chi connectivity index (χ0v) is 11.4. The van der Waals surface area contributed by atoms with Gasteiger partial charge in [0.1, 0.15) is 0 Å². The quantitative estimate of drug-likeness (QED) is 0.754. The SMILES string of the molecule is CC(C)C(O)Cn1c2ccccc2c2ccccc21. The molecule has 2 aromatic carbocycles.